The first-order chi connectivity index (χ1) is 18.1. The van der Waals surface area contributed by atoms with E-state index in [9.17, 15) is 26.3 Å². The van der Waals surface area contributed by atoms with Crippen molar-refractivity contribution in [2.75, 3.05) is 0 Å². The van der Waals surface area contributed by atoms with Crippen LogP contribution in [0.5, 0.6) is 5.75 Å². The monoisotopic (exact) mass is 536 g/mol. The van der Waals surface area contributed by atoms with Crippen LogP contribution in [0.2, 0.25) is 0 Å². The smallest absolute Gasteiger partial charge is 0.430 e. The number of alkyl halides is 6. The Bertz CT molecular complexity index is 1080. The van der Waals surface area contributed by atoms with Gasteiger partial charge in [0, 0.05) is 0 Å². The van der Waals surface area contributed by atoms with Crippen LogP contribution in [0.1, 0.15) is 69.3 Å². The Balaban J connectivity index is 1.30. The van der Waals surface area contributed by atoms with Gasteiger partial charge in [0.2, 0.25) is 0 Å². The van der Waals surface area contributed by atoms with Gasteiger partial charge in [0.15, 0.2) is 0 Å². The van der Waals surface area contributed by atoms with Crippen LogP contribution in [0, 0.1) is 11.8 Å². The summed E-state index contributed by atoms with van der Waals surface area (Å²) in [6.45, 7) is 3.82. The molecule has 4 rings (SSSR count). The van der Waals surface area contributed by atoms with E-state index in [1.807, 2.05) is 18.2 Å². The number of benzene rings is 2. The van der Waals surface area contributed by atoms with Gasteiger partial charge in [-0.2, -0.15) is 22.0 Å². The lowest BCUT2D eigenvalue weighted by molar-refractivity contribution is -0.304. The molecule has 2 aromatic rings. The van der Waals surface area contributed by atoms with Gasteiger partial charge < -0.3 is 4.74 Å². The molecule has 38 heavy (non-hydrogen) atoms. The van der Waals surface area contributed by atoms with E-state index in [-0.39, 0.29) is 0 Å². The predicted octanol–water partition coefficient (Wildman–Crippen LogP) is 10.2. The molecule has 0 spiro atoms. The molecule has 1 nitrogen and oxygen atoms in total. The summed E-state index contributed by atoms with van der Waals surface area (Å²) in [6.07, 6.45) is 0.0749. The maximum absolute atomic E-state index is 13.5. The third-order valence-electron chi connectivity index (χ3n) is 8.06. The molecule has 2 aliphatic rings. The van der Waals surface area contributed by atoms with Crippen molar-refractivity contribution in [1.82, 2.24) is 0 Å². The Morgan fingerprint density at radius 1 is 0.842 bits per heavy atom. The first-order valence-corrected chi connectivity index (χ1v) is 13.3. The van der Waals surface area contributed by atoms with Crippen molar-refractivity contribution >= 4 is 0 Å². The average molecular weight is 537 g/mol. The van der Waals surface area contributed by atoms with E-state index in [0.717, 1.165) is 42.4 Å². The molecule has 0 aromatic heterocycles. The number of rotatable bonds is 9. The molecule has 2 unspecified atom stereocenters. The second-order valence-corrected chi connectivity index (χ2v) is 10.6. The standard InChI is InChI=1S/C31H34F6O/c1-2-3-4-21-5-7-22(8-6-21)23-9-11-24(12-10-23)25-13-15-26(16-14-25)27-17-19-28(20-18-27)38-31(36,37)29(32)30(33,34)35/h2,5,13-20,22-24,29H,1,3-4,6-12H2. The first-order valence-electron chi connectivity index (χ1n) is 13.3. The van der Waals surface area contributed by atoms with E-state index >= 15 is 0 Å². The maximum Gasteiger partial charge on any atom is 0.439 e. The Labute approximate surface area is 220 Å². The largest absolute Gasteiger partial charge is 0.439 e. The van der Waals surface area contributed by atoms with Crippen molar-refractivity contribution in [1.29, 1.82) is 0 Å². The highest BCUT2D eigenvalue weighted by Crippen LogP contribution is 2.43. The average Bonchev–Trinajstić information content (AvgIpc) is 2.92. The molecule has 206 valence electrons. The van der Waals surface area contributed by atoms with E-state index in [4.69, 9.17) is 0 Å². The summed E-state index contributed by atoms with van der Waals surface area (Å²) in [6, 6.07) is 13.3. The van der Waals surface area contributed by atoms with E-state index < -0.39 is 24.2 Å². The fraction of sp³-hybridized carbons (Fsp3) is 0.484. The number of hydrogen-bond donors (Lipinski definition) is 0. The molecule has 0 amide bonds. The van der Waals surface area contributed by atoms with Gasteiger partial charge in [0.05, 0.1) is 0 Å². The minimum atomic E-state index is -5.72. The van der Waals surface area contributed by atoms with E-state index in [0.29, 0.717) is 11.5 Å². The highest BCUT2D eigenvalue weighted by Gasteiger charge is 2.59. The van der Waals surface area contributed by atoms with Crippen molar-refractivity contribution < 1.29 is 31.1 Å². The molecular weight excluding hydrogens is 502 g/mol. The van der Waals surface area contributed by atoms with Crippen LogP contribution in [0.25, 0.3) is 11.1 Å². The Kier molecular flexibility index (Phi) is 8.94. The third kappa shape index (κ3) is 7.03. The molecule has 0 radical (unpaired) electrons. The van der Waals surface area contributed by atoms with Gasteiger partial charge in [-0.1, -0.05) is 54.1 Å². The lowest BCUT2D eigenvalue weighted by Gasteiger charge is -2.35. The molecule has 2 atom stereocenters. The zero-order chi connectivity index (χ0) is 27.3. The van der Waals surface area contributed by atoms with Crippen LogP contribution in [-0.4, -0.2) is 18.5 Å². The van der Waals surface area contributed by atoms with E-state index in [1.54, 1.807) is 5.57 Å². The van der Waals surface area contributed by atoms with Gasteiger partial charge >= 0.3 is 12.3 Å². The molecule has 0 bridgehead atoms. The van der Waals surface area contributed by atoms with Crippen molar-refractivity contribution in [3.63, 3.8) is 0 Å². The molecule has 0 N–H and O–H groups in total. The highest BCUT2D eigenvalue weighted by atomic mass is 19.4. The molecule has 0 heterocycles. The first kappa shape index (κ1) is 28.3. The second kappa shape index (κ2) is 12.0. The van der Waals surface area contributed by atoms with Crippen molar-refractivity contribution in [3.8, 4) is 16.9 Å². The van der Waals surface area contributed by atoms with Crippen LogP contribution >= 0.6 is 0 Å². The molecule has 1 fully saturated rings. The number of hydrogen-bond acceptors (Lipinski definition) is 1. The summed E-state index contributed by atoms with van der Waals surface area (Å²) in [5.41, 5.74) is 4.41. The molecule has 1 saturated carbocycles. The number of ether oxygens (including phenoxy) is 1. The van der Waals surface area contributed by atoms with E-state index in [2.05, 4.69) is 29.5 Å². The third-order valence-corrected chi connectivity index (χ3v) is 8.06. The lowest BCUT2D eigenvalue weighted by atomic mass is 9.70. The normalized spacial score (nSPS) is 23.4. The topological polar surface area (TPSA) is 9.23 Å². The summed E-state index contributed by atoms with van der Waals surface area (Å²) in [5.74, 6) is 1.56. The molecule has 0 aliphatic heterocycles. The van der Waals surface area contributed by atoms with Gasteiger partial charge in [-0.25, -0.2) is 4.39 Å². The van der Waals surface area contributed by atoms with Crippen LogP contribution < -0.4 is 4.74 Å². The van der Waals surface area contributed by atoms with Crippen LogP contribution in [0.15, 0.2) is 72.8 Å². The maximum atomic E-state index is 13.5. The van der Waals surface area contributed by atoms with Crippen molar-refractivity contribution in [3.05, 3.63) is 78.4 Å². The SMILES string of the molecule is C=CCCC1=CCC(C2CCC(c3ccc(-c4ccc(OC(F)(F)C(F)C(F)(F)F)cc4)cc3)CC2)CC1. The Morgan fingerprint density at radius 3 is 1.97 bits per heavy atom. The second-order valence-electron chi connectivity index (χ2n) is 10.6. The van der Waals surface area contributed by atoms with Gasteiger partial charge in [0.1, 0.15) is 5.75 Å². The van der Waals surface area contributed by atoms with Crippen molar-refractivity contribution in [2.24, 2.45) is 11.8 Å². The predicted molar refractivity (Wildman–Crippen MR) is 138 cm³/mol. The van der Waals surface area contributed by atoms with Gasteiger partial charge in [-0.15, -0.1) is 6.58 Å². The van der Waals surface area contributed by atoms with Crippen LogP contribution in [0.4, 0.5) is 26.3 Å². The zero-order valence-electron chi connectivity index (χ0n) is 21.3. The molecular formula is C31H34F6O. The van der Waals surface area contributed by atoms with Crippen molar-refractivity contribution in [2.45, 2.75) is 82.2 Å². The minimum absolute atomic E-state index is 0.517. The lowest BCUT2D eigenvalue weighted by Crippen LogP contribution is -2.45. The van der Waals surface area contributed by atoms with Gasteiger partial charge in [0.25, 0.3) is 6.17 Å². The minimum Gasteiger partial charge on any atom is -0.430 e. The highest BCUT2D eigenvalue weighted by molar-refractivity contribution is 5.64. The van der Waals surface area contributed by atoms with Crippen LogP contribution in [-0.2, 0) is 0 Å². The number of halogens is 6. The fourth-order valence-corrected chi connectivity index (χ4v) is 5.84. The summed E-state index contributed by atoms with van der Waals surface area (Å²) in [4.78, 5) is 0. The Morgan fingerprint density at radius 2 is 1.45 bits per heavy atom. The van der Waals surface area contributed by atoms with Gasteiger partial charge in [-0.3, -0.25) is 0 Å². The summed E-state index contributed by atoms with van der Waals surface area (Å²) in [5, 5.41) is 0. The molecule has 7 heteroatoms. The van der Waals surface area contributed by atoms with Crippen LogP contribution in [0.3, 0.4) is 0 Å². The fourth-order valence-electron chi connectivity index (χ4n) is 5.84. The summed E-state index contributed by atoms with van der Waals surface area (Å²) in [7, 11) is 0. The quantitative estimate of drug-likeness (QED) is 0.229. The van der Waals surface area contributed by atoms with Gasteiger partial charge in [-0.05, 0) is 104 Å². The molecule has 2 aromatic carbocycles. The molecule has 2 aliphatic carbocycles. The number of allylic oxidation sites excluding steroid dienone is 3. The summed E-state index contributed by atoms with van der Waals surface area (Å²) < 4.78 is 81.0. The zero-order valence-corrected chi connectivity index (χ0v) is 21.3. The van der Waals surface area contributed by atoms with E-state index in [1.165, 1.54) is 62.6 Å². The summed E-state index contributed by atoms with van der Waals surface area (Å²) >= 11 is 0. The molecule has 0 saturated heterocycles. The Hall–Kier alpha value is -2.70.